The first-order chi connectivity index (χ1) is 16.7. The van der Waals surface area contributed by atoms with Gasteiger partial charge in [0.1, 0.15) is 11.5 Å². The van der Waals surface area contributed by atoms with Crippen LogP contribution < -0.4 is 10.1 Å². The van der Waals surface area contributed by atoms with Gasteiger partial charge in [0, 0.05) is 30.3 Å². The van der Waals surface area contributed by atoms with Gasteiger partial charge in [-0.1, -0.05) is 30.3 Å². The van der Waals surface area contributed by atoms with Crippen molar-refractivity contribution in [2.24, 2.45) is 0 Å². The maximum absolute atomic E-state index is 13.0. The van der Waals surface area contributed by atoms with E-state index < -0.39 is 11.7 Å². The predicted octanol–water partition coefficient (Wildman–Crippen LogP) is 5.84. The first-order valence-electron chi connectivity index (χ1n) is 11.3. The van der Waals surface area contributed by atoms with E-state index in [-0.39, 0.29) is 29.4 Å². The number of ether oxygens (including phenoxy) is 1. The maximum atomic E-state index is 13.0. The van der Waals surface area contributed by atoms with Gasteiger partial charge in [0.15, 0.2) is 0 Å². The third kappa shape index (κ3) is 6.01. The van der Waals surface area contributed by atoms with Crippen LogP contribution in [0.25, 0.3) is 0 Å². The van der Waals surface area contributed by atoms with Crippen LogP contribution in [0.1, 0.15) is 44.7 Å². The molecule has 1 fully saturated rings. The second kappa shape index (κ2) is 10.2. The van der Waals surface area contributed by atoms with E-state index in [0.29, 0.717) is 37.1 Å². The Balaban J connectivity index is 1.36. The number of halogens is 3. The van der Waals surface area contributed by atoms with Crippen molar-refractivity contribution in [2.75, 3.05) is 13.1 Å². The Morgan fingerprint density at radius 3 is 2.26 bits per heavy atom. The largest absolute Gasteiger partial charge is 0.457 e. The number of piperidine rings is 1. The highest BCUT2D eigenvalue weighted by molar-refractivity contribution is 5.96. The Hall–Kier alpha value is -3.81. The molecule has 2 amide bonds. The summed E-state index contributed by atoms with van der Waals surface area (Å²) in [5, 5.41) is 3.05. The van der Waals surface area contributed by atoms with E-state index in [4.69, 9.17) is 4.74 Å². The van der Waals surface area contributed by atoms with Crippen LogP contribution in [0, 0.1) is 6.92 Å². The van der Waals surface area contributed by atoms with Gasteiger partial charge in [-0.3, -0.25) is 9.59 Å². The summed E-state index contributed by atoms with van der Waals surface area (Å²) >= 11 is 0. The van der Waals surface area contributed by atoms with Crippen LogP contribution in [-0.2, 0) is 6.18 Å². The first kappa shape index (κ1) is 24.3. The van der Waals surface area contributed by atoms with Crippen molar-refractivity contribution in [1.29, 1.82) is 0 Å². The summed E-state index contributed by atoms with van der Waals surface area (Å²) in [4.78, 5) is 27.3. The number of hydrogen-bond donors (Lipinski definition) is 1. The zero-order chi connectivity index (χ0) is 25.0. The number of alkyl halides is 3. The zero-order valence-corrected chi connectivity index (χ0v) is 19.1. The lowest BCUT2D eigenvalue weighted by molar-refractivity contribution is -0.137. The summed E-state index contributed by atoms with van der Waals surface area (Å²) in [5.41, 5.74) is 1.13. The fourth-order valence-corrected chi connectivity index (χ4v) is 4.06. The summed E-state index contributed by atoms with van der Waals surface area (Å²) in [6.07, 6.45) is -3.21. The monoisotopic (exact) mass is 482 g/mol. The minimum absolute atomic E-state index is 0.0262. The van der Waals surface area contributed by atoms with Crippen LogP contribution in [0.5, 0.6) is 11.5 Å². The van der Waals surface area contributed by atoms with Crippen LogP contribution in [0.3, 0.4) is 0 Å². The Morgan fingerprint density at radius 2 is 1.57 bits per heavy atom. The van der Waals surface area contributed by atoms with E-state index in [9.17, 15) is 22.8 Å². The molecular formula is C27H25F3N2O3. The van der Waals surface area contributed by atoms with Gasteiger partial charge < -0.3 is 15.0 Å². The number of carbonyl (C=O) groups is 2. The summed E-state index contributed by atoms with van der Waals surface area (Å²) in [5.74, 6) is 0.000629. The van der Waals surface area contributed by atoms with E-state index >= 15 is 0 Å². The first-order valence-corrected chi connectivity index (χ1v) is 11.3. The van der Waals surface area contributed by atoms with Crippen molar-refractivity contribution >= 4 is 11.8 Å². The number of carbonyl (C=O) groups excluding carboxylic acids is 2. The molecule has 1 aliphatic heterocycles. The second-order valence-electron chi connectivity index (χ2n) is 8.51. The van der Waals surface area contributed by atoms with Gasteiger partial charge in [-0.05, 0) is 67.8 Å². The average Bonchev–Trinajstić information content (AvgIpc) is 2.84. The predicted molar refractivity (Wildman–Crippen MR) is 126 cm³/mol. The lowest BCUT2D eigenvalue weighted by atomic mass is 10.0. The number of aryl methyl sites for hydroxylation is 1. The SMILES string of the molecule is Cc1ccccc1C(=O)NC1CCN(C(=O)c2cccc(Oc3cccc(C(F)(F)F)c3)c2)CC1. The molecule has 1 saturated heterocycles. The molecule has 0 spiro atoms. The standard InChI is InChI=1S/C27H25F3N2O3/c1-18-6-2-3-11-24(18)25(33)31-21-12-14-32(15-13-21)26(34)19-7-4-9-22(16-19)35-23-10-5-8-20(17-23)27(28,29)30/h2-11,16-17,21H,12-15H2,1H3,(H,31,33). The number of nitrogens with zero attached hydrogens (tertiary/aromatic N) is 1. The molecule has 0 saturated carbocycles. The quantitative estimate of drug-likeness (QED) is 0.497. The molecule has 4 rings (SSSR count). The highest BCUT2D eigenvalue weighted by Crippen LogP contribution is 2.33. The lowest BCUT2D eigenvalue weighted by Crippen LogP contribution is -2.46. The summed E-state index contributed by atoms with van der Waals surface area (Å²) < 4.78 is 44.5. The zero-order valence-electron chi connectivity index (χ0n) is 19.1. The number of nitrogens with one attached hydrogen (secondary N) is 1. The van der Waals surface area contributed by atoms with Gasteiger partial charge in [0.25, 0.3) is 11.8 Å². The molecule has 1 heterocycles. The molecule has 1 N–H and O–H groups in total. The van der Waals surface area contributed by atoms with Crippen molar-refractivity contribution in [3.05, 3.63) is 95.1 Å². The van der Waals surface area contributed by atoms with Crippen LogP contribution in [-0.4, -0.2) is 35.8 Å². The molecule has 3 aromatic carbocycles. The van der Waals surface area contributed by atoms with Crippen molar-refractivity contribution in [2.45, 2.75) is 32.0 Å². The van der Waals surface area contributed by atoms with Crippen molar-refractivity contribution in [1.82, 2.24) is 10.2 Å². The molecule has 0 unspecified atom stereocenters. The van der Waals surface area contributed by atoms with Crippen LogP contribution in [0.4, 0.5) is 13.2 Å². The summed E-state index contributed by atoms with van der Waals surface area (Å²) in [6, 6.07) is 18.3. The third-order valence-electron chi connectivity index (χ3n) is 5.99. The molecule has 8 heteroatoms. The number of amides is 2. The normalized spacial score (nSPS) is 14.5. The Bertz CT molecular complexity index is 1220. The Kier molecular flexibility index (Phi) is 7.10. The van der Waals surface area contributed by atoms with Gasteiger partial charge in [0.05, 0.1) is 5.56 Å². The number of rotatable bonds is 5. The maximum Gasteiger partial charge on any atom is 0.416 e. The minimum Gasteiger partial charge on any atom is -0.457 e. The smallest absolute Gasteiger partial charge is 0.416 e. The van der Waals surface area contributed by atoms with Gasteiger partial charge >= 0.3 is 6.18 Å². The fourth-order valence-electron chi connectivity index (χ4n) is 4.06. The van der Waals surface area contributed by atoms with Gasteiger partial charge in [0.2, 0.25) is 0 Å². The molecule has 0 aliphatic carbocycles. The van der Waals surface area contributed by atoms with Gasteiger partial charge in [-0.25, -0.2) is 0 Å². The van der Waals surface area contributed by atoms with Crippen molar-refractivity contribution < 1.29 is 27.5 Å². The van der Waals surface area contributed by atoms with E-state index in [1.165, 1.54) is 18.2 Å². The van der Waals surface area contributed by atoms with Crippen LogP contribution in [0.15, 0.2) is 72.8 Å². The molecule has 0 bridgehead atoms. The van der Waals surface area contributed by atoms with Crippen molar-refractivity contribution in [3.8, 4) is 11.5 Å². The molecule has 3 aromatic rings. The molecule has 182 valence electrons. The lowest BCUT2D eigenvalue weighted by Gasteiger charge is -2.32. The fraction of sp³-hybridized carbons (Fsp3) is 0.259. The van der Waals surface area contributed by atoms with E-state index in [1.54, 1.807) is 29.2 Å². The third-order valence-corrected chi connectivity index (χ3v) is 5.99. The molecule has 0 aromatic heterocycles. The Morgan fingerprint density at radius 1 is 0.914 bits per heavy atom. The van der Waals surface area contributed by atoms with E-state index in [0.717, 1.165) is 17.7 Å². The molecular weight excluding hydrogens is 457 g/mol. The highest BCUT2D eigenvalue weighted by atomic mass is 19.4. The molecule has 0 radical (unpaired) electrons. The van der Waals surface area contributed by atoms with Crippen molar-refractivity contribution in [3.63, 3.8) is 0 Å². The average molecular weight is 483 g/mol. The van der Waals surface area contributed by atoms with Gasteiger partial charge in [-0.15, -0.1) is 0 Å². The molecule has 0 atom stereocenters. The van der Waals surface area contributed by atoms with Gasteiger partial charge in [-0.2, -0.15) is 13.2 Å². The number of hydrogen-bond acceptors (Lipinski definition) is 3. The number of likely N-dealkylation sites (tertiary alicyclic amines) is 1. The second-order valence-corrected chi connectivity index (χ2v) is 8.51. The van der Waals surface area contributed by atoms with E-state index in [2.05, 4.69) is 5.32 Å². The molecule has 5 nitrogen and oxygen atoms in total. The van der Waals surface area contributed by atoms with Crippen LogP contribution >= 0.6 is 0 Å². The number of benzene rings is 3. The van der Waals surface area contributed by atoms with E-state index in [1.807, 2.05) is 25.1 Å². The van der Waals surface area contributed by atoms with Crippen LogP contribution in [0.2, 0.25) is 0 Å². The minimum atomic E-state index is -4.47. The highest BCUT2D eigenvalue weighted by Gasteiger charge is 2.30. The Labute approximate surface area is 201 Å². The molecule has 35 heavy (non-hydrogen) atoms. The summed E-state index contributed by atoms with van der Waals surface area (Å²) in [6.45, 7) is 2.85. The topological polar surface area (TPSA) is 58.6 Å². The molecule has 1 aliphatic rings. The summed E-state index contributed by atoms with van der Waals surface area (Å²) in [7, 11) is 0.